The van der Waals surface area contributed by atoms with E-state index in [1.165, 1.54) is 9.80 Å². The van der Waals surface area contributed by atoms with E-state index in [2.05, 4.69) is 26.6 Å². The summed E-state index contributed by atoms with van der Waals surface area (Å²) in [6, 6.07) is 14.8. The molecule has 1 heterocycles. The number of hydrogen-bond donors (Lipinski definition) is 2. The Kier molecular flexibility index (Phi) is 7.51. The predicted octanol–water partition coefficient (Wildman–Crippen LogP) is 2.51. The van der Waals surface area contributed by atoms with E-state index in [1.54, 1.807) is 12.1 Å². The van der Waals surface area contributed by atoms with E-state index in [0.717, 1.165) is 15.7 Å². The smallest absolute Gasteiger partial charge is 0.322 e. The maximum Gasteiger partial charge on any atom is 0.322 e. The van der Waals surface area contributed by atoms with Crippen LogP contribution in [-0.2, 0) is 16.1 Å². The first kappa shape index (κ1) is 22.6. The van der Waals surface area contributed by atoms with E-state index in [4.69, 9.17) is 0 Å². The Morgan fingerprint density at radius 3 is 2.32 bits per heavy atom. The van der Waals surface area contributed by atoms with E-state index in [-0.39, 0.29) is 30.9 Å². The molecule has 2 aromatic rings. The maximum atomic E-state index is 12.4. The fourth-order valence-corrected chi connectivity index (χ4v) is 3.39. The Balaban J connectivity index is 1.43. The van der Waals surface area contributed by atoms with Gasteiger partial charge < -0.3 is 25.3 Å². The molecule has 3 rings (SSSR count). The second kappa shape index (κ2) is 10.3. The molecule has 8 nitrogen and oxygen atoms in total. The van der Waals surface area contributed by atoms with E-state index >= 15 is 0 Å². The zero-order chi connectivity index (χ0) is 22.4. The highest BCUT2D eigenvalue weighted by Gasteiger charge is 2.28. The number of rotatable bonds is 6. The predicted molar refractivity (Wildman–Crippen MR) is 124 cm³/mol. The number of carbonyl (C=O) groups excluding carboxylic acids is 3. The lowest BCUT2D eigenvalue weighted by molar-refractivity contribution is -0.139. The zero-order valence-electron chi connectivity index (χ0n) is 17.6. The molecule has 1 fully saturated rings. The van der Waals surface area contributed by atoms with Crippen molar-refractivity contribution >= 4 is 45.2 Å². The van der Waals surface area contributed by atoms with Crippen LogP contribution in [0.3, 0.4) is 0 Å². The monoisotopic (exact) mass is 487 g/mol. The second-order valence-electron chi connectivity index (χ2n) is 7.51. The third-order valence-corrected chi connectivity index (χ3v) is 5.51. The van der Waals surface area contributed by atoms with Crippen molar-refractivity contribution < 1.29 is 14.4 Å². The van der Waals surface area contributed by atoms with E-state index in [1.807, 2.05) is 55.4 Å². The molecule has 2 N–H and O–H groups in total. The van der Waals surface area contributed by atoms with Crippen LogP contribution < -0.4 is 15.5 Å². The number of halogens is 1. The lowest BCUT2D eigenvalue weighted by Crippen LogP contribution is -2.55. The minimum Gasteiger partial charge on any atom is -0.378 e. The van der Waals surface area contributed by atoms with Crippen LogP contribution in [0.15, 0.2) is 53.0 Å². The summed E-state index contributed by atoms with van der Waals surface area (Å²) in [4.78, 5) is 42.0. The summed E-state index contributed by atoms with van der Waals surface area (Å²) in [5.74, 6) is -0.472. The van der Waals surface area contributed by atoms with Crippen molar-refractivity contribution in [2.24, 2.45) is 0 Å². The van der Waals surface area contributed by atoms with Gasteiger partial charge in [-0.25, -0.2) is 4.79 Å². The van der Waals surface area contributed by atoms with E-state index in [0.29, 0.717) is 25.3 Å². The number of amides is 4. The lowest BCUT2D eigenvalue weighted by Gasteiger charge is -2.33. The molecule has 164 valence electrons. The van der Waals surface area contributed by atoms with Gasteiger partial charge in [0.15, 0.2) is 0 Å². The Bertz CT molecular complexity index is 931. The van der Waals surface area contributed by atoms with Gasteiger partial charge in [0.1, 0.15) is 6.54 Å². The van der Waals surface area contributed by atoms with Crippen molar-refractivity contribution in [2.45, 2.75) is 6.54 Å². The van der Waals surface area contributed by atoms with Gasteiger partial charge in [0.05, 0.1) is 6.54 Å². The molecule has 1 aliphatic rings. The van der Waals surface area contributed by atoms with Gasteiger partial charge in [-0.3, -0.25) is 9.59 Å². The number of nitrogens with one attached hydrogen (secondary N) is 2. The standard InChI is InChI=1S/C22H26BrN5O3/c1-26(2)19-9-3-16(4-10-19)13-24-20(29)14-27-11-12-28(15-21(27)30)22(31)25-18-7-5-17(23)6-8-18/h3-10H,11-15H2,1-2H3,(H,24,29)(H,25,31). The Labute approximate surface area is 190 Å². The minimum atomic E-state index is -0.332. The zero-order valence-corrected chi connectivity index (χ0v) is 19.2. The van der Waals surface area contributed by atoms with Crippen LogP contribution in [0.4, 0.5) is 16.2 Å². The quantitative estimate of drug-likeness (QED) is 0.655. The van der Waals surface area contributed by atoms with Crippen LogP contribution in [-0.4, -0.2) is 67.9 Å². The van der Waals surface area contributed by atoms with Crippen LogP contribution >= 0.6 is 15.9 Å². The van der Waals surface area contributed by atoms with Gasteiger partial charge in [0, 0.05) is 49.6 Å². The molecular formula is C22H26BrN5O3. The fraction of sp³-hybridized carbons (Fsp3) is 0.318. The number of hydrogen-bond acceptors (Lipinski definition) is 4. The molecule has 0 aliphatic carbocycles. The first-order valence-corrected chi connectivity index (χ1v) is 10.7. The number of carbonyl (C=O) groups is 3. The Morgan fingerprint density at radius 1 is 1.03 bits per heavy atom. The normalized spacial score (nSPS) is 13.7. The highest BCUT2D eigenvalue weighted by Crippen LogP contribution is 2.15. The molecular weight excluding hydrogens is 462 g/mol. The molecule has 0 bridgehead atoms. The molecule has 31 heavy (non-hydrogen) atoms. The van der Waals surface area contributed by atoms with Crippen LogP contribution in [0.25, 0.3) is 0 Å². The van der Waals surface area contributed by atoms with Crippen LogP contribution in [0.1, 0.15) is 5.56 Å². The summed E-state index contributed by atoms with van der Waals surface area (Å²) >= 11 is 3.35. The average Bonchev–Trinajstić information content (AvgIpc) is 2.75. The molecule has 9 heteroatoms. The van der Waals surface area contributed by atoms with Crippen molar-refractivity contribution in [1.29, 1.82) is 0 Å². The van der Waals surface area contributed by atoms with Gasteiger partial charge >= 0.3 is 6.03 Å². The number of nitrogens with zero attached hydrogens (tertiary/aromatic N) is 3. The van der Waals surface area contributed by atoms with Gasteiger partial charge in [-0.2, -0.15) is 0 Å². The van der Waals surface area contributed by atoms with Gasteiger partial charge in [0.25, 0.3) is 0 Å². The highest BCUT2D eigenvalue weighted by atomic mass is 79.9. The molecule has 0 spiro atoms. The molecule has 4 amide bonds. The van der Waals surface area contributed by atoms with Gasteiger partial charge in [0.2, 0.25) is 11.8 Å². The first-order valence-electron chi connectivity index (χ1n) is 9.94. The van der Waals surface area contributed by atoms with E-state index in [9.17, 15) is 14.4 Å². The first-order chi connectivity index (χ1) is 14.8. The van der Waals surface area contributed by atoms with E-state index < -0.39 is 0 Å². The number of anilines is 2. The summed E-state index contributed by atoms with van der Waals surface area (Å²) in [5, 5.41) is 5.62. The van der Waals surface area contributed by atoms with Crippen molar-refractivity contribution in [3.63, 3.8) is 0 Å². The molecule has 2 aromatic carbocycles. The summed E-state index contributed by atoms with van der Waals surface area (Å²) in [5.41, 5.74) is 2.73. The summed E-state index contributed by atoms with van der Waals surface area (Å²) in [7, 11) is 3.94. The van der Waals surface area contributed by atoms with Crippen molar-refractivity contribution in [3.8, 4) is 0 Å². The Morgan fingerprint density at radius 2 is 1.71 bits per heavy atom. The second-order valence-corrected chi connectivity index (χ2v) is 8.43. The topological polar surface area (TPSA) is 85.0 Å². The molecule has 0 aromatic heterocycles. The number of piperazine rings is 1. The molecule has 0 unspecified atom stereocenters. The van der Waals surface area contributed by atoms with Gasteiger partial charge in [-0.1, -0.05) is 28.1 Å². The van der Waals surface area contributed by atoms with Crippen LogP contribution in [0, 0.1) is 0 Å². The third kappa shape index (κ3) is 6.45. The van der Waals surface area contributed by atoms with Crippen molar-refractivity contribution in [1.82, 2.24) is 15.1 Å². The molecule has 1 saturated heterocycles. The van der Waals surface area contributed by atoms with Crippen molar-refractivity contribution in [2.75, 3.05) is 50.5 Å². The highest BCUT2D eigenvalue weighted by molar-refractivity contribution is 9.10. The fourth-order valence-electron chi connectivity index (χ4n) is 3.13. The number of benzene rings is 2. The molecule has 0 radical (unpaired) electrons. The summed E-state index contributed by atoms with van der Waals surface area (Å²) < 4.78 is 0.915. The van der Waals surface area contributed by atoms with Crippen LogP contribution in [0.5, 0.6) is 0 Å². The van der Waals surface area contributed by atoms with Gasteiger partial charge in [-0.15, -0.1) is 0 Å². The molecule has 0 atom stereocenters. The largest absolute Gasteiger partial charge is 0.378 e. The van der Waals surface area contributed by atoms with Crippen LogP contribution in [0.2, 0.25) is 0 Å². The third-order valence-electron chi connectivity index (χ3n) is 4.98. The van der Waals surface area contributed by atoms with Crippen molar-refractivity contribution in [3.05, 3.63) is 58.6 Å². The number of urea groups is 1. The minimum absolute atomic E-state index is 0.0171. The maximum absolute atomic E-state index is 12.4. The summed E-state index contributed by atoms with van der Waals surface area (Å²) in [6.07, 6.45) is 0. The summed E-state index contributed by atoms with van der Waals surface area (Å²) in [6.45, 7) is 1.01. The molecule has 0 saturated carbocycles. The lowest BCUT2D eigenvalue weighted by atomic mass is 10.2. The molecule has 1 aliphatic heterocycles. The van der Waals surface area contributed by atoms with Gasteiger partial charge in [-0.05, 0) is 42.0 Å². The Hall–Kier alpha value is -3.07. The average molecular weight is 488 g/mol. The SMILES string of the molecule is CN(C)c1ccc(CNC(=O)CN2CCN(C(=O)Nc3ccc(Br)cc3)CC2=O)cc1.